The van der Waals surface area contributed by atoms with Crippen LogP contribution >= 0.6 is 11.6 Å². The van der Waals surface area contributed by atoms with Crippen molar-refractivity contribution in [1.29, 1.82) is 0 Å². The third-order valence-electron chi connectivity index (χ3n) is 4.49. The summed E-state index contributed by atoms with van der Waals surface area (Å²) in [7, 11) is 0. The van der Waals surface area contributed by atoms with Gasteiger partial charge in [-0.1, -0.05) is 23.7 Å². The molecule has 0 amide bonds. The number of nitrogens with one attached hydrogen (secondary N) is 1. The largest absolute Gasteiger partial charge is 0.396 e. The molecule has 2 heterocycles. The standard InChI is InChI=1S/C16H22ClNO2/c17-13-7-3-5-12-15(13)18-14(8-1-2-9-19)11-6-4-10-20-16(11)12/h3,5,7,11,14,16,18-19H,1-2,4,6,8-10H2/t11-,14+,16-/m0/s1. The van der Waals surface area contributed by atoms with Crippen molar-refractivity contribution in [2.75, 3.05) is 18.5 Å². The Morgan fingerprint density at radius 1 is 1.35 bits per heavy atom. The molecule has 1 aromatic rings. The van der Waals surface area contributed by atoms with E-state index in [-0.39, 0.29) is 12.7 Å². The van der Waals surface area contributed by atoms with Gasteiger partial charge in [0, 0.05) is 30.7 Å². The molecule has 2 aliphatic rings. The van der Waals surface area contributed by atoms with Crippen molar-refractivity contribution in [2.45, 2.75) is 44.2 Å². The molecule has 2 N–H and O–H groups in total. The third kappa shape index (κ3) is 2.67. The van der Waals surface area contributed by atoms with Gasteiger partial charge in [-0.25, -0.2) is 0 Å². The van der Waals surface area contributed by atoms with Crippen LogP contribution in [0, 0.1) is 5.92 Å². The Morgan fingerprint density at radius 3 is 3.10 bits per heavy atom. The fourth-order valence-electron chi connectivity index (χ4n) is 3.52. The summed E-state index contributed by atoms with van der Waals surface area (Å²) in [5, 5.41) is 13.4. The summed E-state index contributed by atoms with van der Waals surface area (Å²) >= 11 is 6.34. The highest BCUT2D eigenvalue weighted by Gasteiger charge is 2.39. The highest BCUT2D eigenvalue weighted by molar-refractivity contribution is 6.33. The normalized spacial score (nSPS) is 28.4. The number of aliphatic hydroxyl groups excluding tert-OH is 1. The molecule has 3 nitrogen and oxygen atoms in total. The summed E-state index contributed by atoms with van der Waals surface area (Å²) in [6.45, 7) is 1.12. The van der Waals surface area contributed by atoms with Crippen molar-refractivity contribution in [2.24, 2.45) is 5.92 Å². The zero-order valence-corrected chi connectivity index (χ0v) is 12.4. The van der Waals surface area contributed by atoms with E-state index in [9.17, 15) is 0 Å². The smallest absolute Gasteiger partial charge is 0.0893 e. The van der Waals surface area contributed by atoms with Crippen molar-refractivity contribution in [3.63, 3.8) is 0 Å². The molecule has 0 aliphatic carbocycles. The van der Waals surface area contributed by atoms with Gasteiger partial charge in [0.1, 0.15) is 0 Å². The molecule has 1 fully saturated rings. The second kappa shape index (κ2) is 6.33. The summed E-state index contributed by atoms with van der Waals surface area (Å²) < 4.78 is 6.05. The molecule has 0 unspecified atom stereocenters. The van der Waals surface area contributed by atoms with Crippen LogP contribution in [-0.2, 0) is 4.74 Å². The van der Waals surface area contributed by atoms with Crippen LogP contribution in [0.15, 0.2) is 18.2 Å². The van der Waals surface area contributed by atoms with Crippen LogP contribution in [0.2, 0.25) is 5.02 Å². The zero-order chi connectivity index (χ0) is 13.9. The van der Waals surface area contributed by atoms with Gasteiger partial charge in [0.15, 0.2) is 0 Å². The predicted molar refractivity (Wildman–Crippen MR) is 81.2 cm³/mol. The van der Waals surface area contributed by atoms with Crippen molar-refractivity contribution >= 4 is 17.3 Å². The first-order valence-corrected chi connectivity index (χ1v) is 7.96. The molecule has 0 radical (unpaired) electrons. The first kappa shape index (κ1) is 14.2. The van der Waals surface area contributed by atoms with Crippen molar-refractivity contribution in [1.82, 2.24) is 0 Å². The van der Waals surface area contributed by atoms with Gasteiger partial charge in [0.25, 0.3) is 0 Å². The highest BCUT2D eigenvalue weighted by Crippen LogP contribution is 2.46. The van der Waals surface area contributed by atoms with Crippen LogP contribution in [0.5, 0.6) is 0 Å². The fourth-order valence-corrected chi connectivity index (χ4v) is 3.76. The van der Waals surface area contributed by atoms with Crippen molar-refractivity contribution in [3.8, 4) is 0 Å². The zero-order valence-electron chi connectivity index (χ0n) is 11.6. The fraction of sp³-hybridized carbons (Fsp3) is 0.625. The van der Waals surface area contributed by atoms with Crippen molar-refractivity contribution < 1.29 is 9.84 Å². The Hall–Kier alpha value is -0.770. The summed E-state index contributed by atoms with van der Waals surface area (Å²) in [5.74, 6) is 0.522. The van der Waals surface area contributed by atoms with E-state index in [2.05, 4.69) is 11.4 Å². The highest BCUT2D eigenvalue weighted by atomic mass is 35.5. The maximum absolute atomic E-state index is 8.96. The number of hydrogen-bond acceptors (Lipinski definition) is 3. The molecule has 0 bridgehead atoms. The maximum atomic E-state index is 8.96. The van der Waals surface area contributed by atoms with E-state index in [4.69, 9.17) is 21.4 Å². The molecule has 20 heavy (non-hydrogen) atoms. The lowest BCUT2D eigenvalue weighted by atomic mass is 9.78. The minimum absolute atomic E-state index is 0.179. The molecular weight excluding hydrogens is 274 g/mol. The van der Waals surface area contributed by atoms with Gasteiger partial charge in [-0.05, 0) is 38.2 Å². The van der Waals surface area contributed by atoms with E-state index < -0.39 is 0 Å². The van der Waals surface area contributed by atoms with Gasteiger partial charge >= 0.3 is 0 Å². The van der Waals surface area contributed by atoms with Gasteiger partial charge < -0.3 is 15.2 Å². The number of ether oxygens (including phenoxy) is 1. The first-order valence-electron chi connectivity index (χ1n) is 7.58. The SMILES string of the molecule is OCCCC[C@H]1Nc2c(Cl)cccc2[C@H]2OCCC[C@H]21. The van der Waals surface area contributed by atoms with E-state index in [0.29, 0.717) is 12.0 Å². The number of benzene rings is 1. The van der Waals surface area contributed by atoms with Gasteiger partial charge in [0.2, 0.25) is 0 Å². The van der Waals surface area contributed by atoms with Crippen LogP contribution in [0.25, 0.3) is 0 Å². The molecule has 0 spiro atoms. The first-order chi connectivity index (χ1) is 9.81. The number of hydrogen-bond donors (Lipinski definition) is 2. The topological polar surface area (TPSA) is 41.5 Å². The lowest BCUT2D eigenvalue weighted by molar-refractivity contribution is -0.0387. The minimum Gasteiger partial charge on any atom is -0.396 e. The average molecular weight is 296 g/mol. The Morgan fingerprint density at radius 2 is 2.25 bits per heavy atom. The lowest BCUT2D eigenvalue weighted by Crippen LogP contribution is -2.41. The molecule has 0 aromatic heterocycles. The number of aliphatic hydroxyl groups is 1. The van der Waals surface area contributed by atoms with E-state index in [1.165, 1.54) is 12.0 Å². The summed E-state index contributed by atoms with van der Waals surface area (Å²) in [6.07, 6.45) is 5.49. The molecule has 2 aliphatic heterocycles. The second-order valence-corrected chi connectivity index (χ2v) is 6.18. The molecule has 1 aromatic carbocycles. The van der Waals surface area contributed by atoms with Crippen LogP contribution < -0.4 is 5.32 Å². The molecule has 4 heteroatoms. The Balaban J connectivity index is 1.85. The summed E-state index contributed by atoms with van der Waals surface area (Å²) in [6, 6.07) is 6.46. The van der Waals surface area contributed by atoms with E-state index in [1.54, 1.807) is 0 Å². The summed E-state index contributed by atoms with van der Waals surface area (Å²) in [4.78, 5) is 0. The van der Waals surface area contributed by atoms with Crippen molar-refractivity contribution in [3.05, 3.63) is 28.8 Å². The van der Waals surface area contributed by atoms with E-state index in [1.807, 2.05) is 12.1 Å². The van der Waals surface area contributed by atoms with Gasteiger partial charge in [-0.15, -0.1) is 0 Å². The van der Waals surface area contributed by atoms with Gasteiger partial charge in [-0.2, -0.15) is 0 Å². The predicted octanol–water partition coefficient (Wildman–Crippen LogP) is 3.76. The number of fused-ring (bicyclic) bond motifs is 3. The number of rotatable bonds is 4. The van der Waals surface area contributed by atoms with Crippen LogP contribution in [0.3, 0.4) is 0 Å². The molecule has 0 saturated carbocycles. The monoisotopic (exact) mass is 295 g/mol. The number of para-hydroxylation sites is 1. The molecular formula is C16H22ClNO2. The second-order valence-electron chi connectivity index (χ2n) is 5.77. The Labute approximate surface area is 125 Å². The summed E-state index contributed by atoms with van der Waals surface area (Å²) in [5.41, 5.74) is 2.26. The maximum Gasteiger partial charge on any atom is 0.0893 e. The Kier molecular flexibility index (Phi) is 4.49. The number of halogens is 1. The molecule has 3 rings (SSSR count). The molecule has 3 atom stereocenters. The lowest BCUT2D eigenvalue weighted by Gasteiger charge is -2.43. The Bertz CT molecular complexity index is 466. The van der Waals surface area contributed by atoms with Gasteiger partial charge in [-0.3, -0.25) is 0 Å². The quantitative estimate of drug-likeness (QED) is 0.831. The van der Waals surface area contributed by atoms with E-state index in [0.717, 1.165) is 43.0 Å². The third-order valence-corrected chi connectivity index (χ3v) is 4.81. The number of anilines is 1. The minimum atomic E-state index is 0.179. The van der Waals surface area contributed by atoms with Crippen LogP contribution in [0.4, 0.5) is 5.69 Å². The van der Waals surface area contributed by atoms with E-state index >= 15 is 0 Å². The molecule has 1 saturated heterocycles. The average Bonchev–Trinajstić information content (AvgIpc) is 2.48. The number of unbranched alkanes of at least 4 members (excludes halogenated alkanes) is 1. The van der Waals surface area contributed by atoms with Gasteiger partial charge in [0.05, 0.1) is 16.8 Å². The van der Waals surface area contributed by atoms with Crippen LogP contribution in [-0.4, -0.2) is 24.4 Å². The molecule has 110 valence electrons. The van der Waals surface area contributed by atoms with Crippen LogP contribution in [0.1, 0.15) is 43.8 Å².